The topological polar surface area (TPSA) is 70.8 Å². The number of hydrogen-bond donors (Lipinski definition) is 0. The van der Waals surface area contributed by atoms with Crippen LogP contribution in [0.4, 0.5) is 0 Å². The Morgan fingerprint density at radius 3 is 2.22 bits per heavy atom. The standard InChI is InChI=1S/C25H26N2O4S/c28-25(14-12-23-11-13-24(31-23)22-9-5-2-6-10-22)26-16-18-27(19-17-26)32(29,30)20-15-21-7-3-1-4-8-21/h1-11,13,15,20H,12,14,16-19H2. The molecule has 2 heterocycles. The molecule has 4 rings (SSSR count). The van der Waals surface area contributed by atoms with Crippen LogP contribution in [0.15, 0.2) is 82.6 Å². The smallest absolute Gasteiger partial charge is 0.236 e. The second kappa shape index (κ2) is 9.97. The number of sulfonamides is 1. The SMILES string of the molecule is O=C(CCc1ccc(-c2ccccc2)o1)N1CCN(S(=O)(=O)C=Cc2ccccc2)CC1. The van der Waals surface area contributed by atoms with Crippen LogP contribution < -0.4 is 0 Å². The van der Waals surface area contributed by atoms with Gasteiger partial charge in [0.25, 0.3) is 0 Å². The van der Waals surface area contributed by atoms with E-state index in [4.69, 9.17) is 4.42 Å². The van der Waals surface area contributed by atoms with Crippen LogP contribution in [0.25, 0.3) is 17.4 Å². The number of carbonyl (C=O) groups excluding carboxylic acids is 1. The molecule has 0 radical (unpaired) electrons. The first-order valence-corrected chi connectivity index (χ1v) is 12.2. The first kappa shape index (κ1) is 22.0. The summed E-state index contributed by atoms with van der Waals surface area (Å²) in [6.07, 6.45) is 2.45. The highest BCUT2D eigenvalue weighted by atomic mass is 32.2. The van der Waals surface area contributed by atoms with Crippen LogP contribution in [0.5, 0.6) is 0 Å². The first-order chi connectivity index (χ1) is 15.5. The minimum atomic E-state index is -3.51. The van der Waals surface area contributed by atoms with Gasteiger partial charge in [0.05, 0.1) is 0 Å². The zero-order chi connectivity index (χ0) is 22.4. The number of piperazine rings is 1. The summed E-state index contributed by atoms with van der Waals surface area (Å²) in [5.41, 5.74) is 1.84. The van der Waals surface area contributed by atoms with Gasteiger partial charge in [-0.15, -0.1) is 0 Å². The summed E-state index contributed by atoms with van der Waals surface area (Å²) in [6.45, 7) is 1.38. The van der Waals surface area contributed by atoms with E-state index in [1.54, 1.807) is 11.0 Å². The van der Waals surface area contributed by atoms with Gasteiger partial charge in [-0.2, -0.15) is 4.31 Å². The van der Waals surface area contributed by atoms with Gasteiger partial charge < -0.3 is 9.32 Å². The number of nitrogens with zero attached hydrogens (tertiary/aromatic N) is 2. The molecule has 32 heavy (non-hydrogen) atoms. The van der Waals surface area contributed by atoms with Gasteiger partial charge in [0, 0.05) is 50.0 Å². The van der Waals surface area contributed by atoms with Crippen molar-refractivity contribution in [1.82, 2.24) is 9.21 Å². The number of amides is 1. The van der Waals surface area contributed by atoms with E-state index in [1.165, 1.54) is 9.71 Å². The van der Waals surface area contributed by atoms with Gasteiger partial charge in [0.2, 0.25) is 15.9 Å². The number of aryl methyl sites for hydroxylation is 1. The molecular weight excluding hydrogens is 424 g/mol. The Hall–Kier alpha value is -3.16. The molecule has 6 nitrogen and oxygen atoms in total. The molecule has 0 spiro atoms. The van der Waals surface area contributed by atoms with Crippen LogP contribution in [-0.4, -0.2) is 49.7 Å². The monoisotopic (exact) mass is 450 g/mol. The maximum Gasteiger partial charge on any atom is 0.236 e. The van der Waals surface area contributed by atoms with E-state index in [-0.39, 0.29) is 5.91 Å². The van der Waals surface area contributed by atoms with E-state index in [1.807, 2.05) is 72.8 Å². The lowest BCUT2D eigenvalue weighted by Crippen LogP contribution is -2.50. The van der Waals surface area contributed by atoms with Crippen LogP contribution in [-0.2, 0) is 21.2 Å². The average molecular weight is 451 g/mol. The van der Waals surface area contributed by atoms with E-state index in [0.717, 1.165) is 22.6 Å². The summed E-state index contributed by atoms with van der Waals surface area (Å²) in [7, 11) is -3.51. The van der Waals surface area contributed by atoms with Crippen molar-refractivity contribution >= 4 is 22.0 Å². The molecule has 1 fully saturated rings. The van der Waals surface area contributed by atoms with Crippen LogP contribution >= 0.6 is 0 Å². The fourth-order valence-electron chi connectivity index (χ4n) is 3.66. The molecule has 0 bridgehead atoms. The van der Waals surface area contributed by atoms with Crippen molar-refractivity contribution in [3.63, 3.8) is 0 Å². The van der Waals surface area contributed by atoms with Crippen molar-refractivity contribution in [1.29, 1.82) is 0 Å². The molecule has 1 saturated heterocycles. The molecule has 0 saturated carbocycles. The van der Waals surface area contributed by atoms with E-state index < -0.39 is 10.0 Å². The van der Waals surface area contributed by atoms with Gasteiger partial charge in [-0.05, 0) is 23.8 Å². The highest BCUT2D eigenvalue weighted by Crippen LogP contribution is 2.22. The molecule has 0 aliphatic carbocycles. The molecule has 166 valence electrons. The summed E-state index contributed by atoms with van der Waals surface area (Å²) in [5.74, 6) is 1.57. The molecule has 1 amide bonds. The normalized spacial score (nSPS) is 15.3. The lowest BCUT2D eigenvalue weighted by atomic mass is 10.2. The quantitative estimate of drug-likeness (QED) is 0.545. The zero-order valence-electron chi connectivity index (χ0n) is 17.8. The summed E-state index contributed by atoms with van der Waals surface area (Å²) < 4.78 is 32.5. The van der Waals surface area contributed by atoms with Gasteiger partial charge in [0.1, 0.15) is 11.5 Å². The second-order valence-corrected chi connectivity index (χ2v) is 9.49. The van der Waals surface area contributed by atoms with Crippen LogP contribution in [0.3, 0.4) is 0 Å². The summed E-state index contributed by atoms with van der Waals surface area (Å²) in [4.78, 5) is 14.3. The fourth-order valence-corrected chi connectivity index (χ4v) is 4.84. The molecular formula is C25H26N2O4S. The Bertz CT molecular complexity index is 1160. The third-order valence-electron chi connectivity index (χ3n) is 5.49. The average Bonchev–Trinajstić information content (AvgIpc) is 3.32. The lowest BCUT2D eigenvalue weighted by Gasteiger charge is -2.33. The maximum absolute atomic E-state index is 12.6. The minimum absolute atomic E-state index is 0.0135. The Balaban J connectivity index is 1.26. The minimum Gasteiger partial charge on any atom is -0.461 e. The highest BCUT2D eigenvalue weighted by Gasteiger charge is 2.27. The van der Waals surface area contributed by atoms with Gasteiger partial charge in [-0.25, -0.2) is 8.42 Å². The molecule has 7 heteroatoms. The van der Waals surface area contributed by atoms with Gasteiger partial charge >= 0.3 is 0 Å². The van der Waals surface area contributed by atoms with E-state index >= 15 is 0 Å². The molecule has 0 unspecified atom stereocenters. The molecule has 0 atom stereocenters. The maximum atomic E-state index is 12.6. The summed E-state index contributed by atoms with van der Waals surface area (Å²) in [6, 6.07) is 23.0. The van der Waals surface area contributed by atoms with Crippen molar-refractivity contribution in [3.8, 4) is 11.3 Å². The Labute approximate surface area is 188 Å². The number of benzene rings is 2. The summed E-state index contributed by atoms with van der Waals surface area (Å²) in [5, 5.41) is 1.24. The number of carbonyl (C=O) groups is 1. The molecule has 2 aromatic carbocycles. The van der Waals surface area contributed by atoms with Crippen molar-refractivity contribution < 1.29 is 17.6 Å². The molecule has 3 aromatic rings. The van der Waals surface area contributed by atoms with Crippen molar-refractivity contribution in [2.45, 2.75) is 12.8 Å². The predicted molar refractivity (Wildman–Crippen MR) is 125 cm³/mol. The van der Waals surface area contributed by atoms with Crippen LogP contribution in [0, 0.1) is 0 Å². The van der Waals surface area contributed by atoms with Gasteiger partial charge in [-0.1, -0.05) is 60.7 Å². The van der Waals surface area contributed by atoms with Crippen LogP contribution in [0.1, 0.15) is 17.7 Å². The lowest BCUT2D eigenvalue weighted by molar-refractivity contribution is -0.132. The van der Waals surface area contributed by atoms with Crippen molar-refractivity contribution in [3.05, 3.63) is 89.5 Å². The van der Waals surface area contributed by atoms with Gasteiger partial charge in [0.15, 0.2) is 0 Å². The third kappa shape index (κ3) is 5.55. The molecule has 0 N–H and O–H groups in total. The molecule has 1 aromatic heterocycles. The number of hydrogen-bond acceptors (Lipinski definition) is 4. The Morgan fingerprint density at radius 2 is 1.53 bits per heavy atom. The highest BCUT2D eigenvalue weighted by molar-refractivity contribution is 7.92. The summed E-state index contributed by atoms with van der Waals surface area (Å²) >= 11 is 0. The Kier molecular flexibility index (Phi) is 6.87. The Morgan fingerprint density at radius 1 is 0.875 bits per heavy atom. The molecule has 1 aliphatic heterocycles. The zero-order valence-corrected chi connectivity index (χ0v) is 18.6. The van der Waals surface area contributed by atoms with Crippen LogP contribution in [0.2, 0.25) is 0 Å². The number of furan rings is 1. The largest absolute Gasteiger partial charge is 0.461 e. The molecule has 1 aliphatic rings. The second-order valence-electron chi connectivity index (χ2n) is 7.67. The fraction of sp³-hybridized carbons (Fsp3) is 0.240. The van der Waals surface area contributed by atoms with Crippen molar-refractivity contribution in [2.24, 2.45) is 0 Å². The van der Waals surface area contributed by atoms with Gasteiger partial charge in [-0.3, -0.25) is 4.79 Å². The third-order valence-corrected chi connectivity index (χ3v) is 7.05. The van der Waals surface area contributed by atoms with Crippen molar-refractivity contribution in [2.75, 3.05) is 26.2 Å². The van der Waals surface area contributed by atoms with E-state index in [2.05, 4.69) is 0 Å². The number of rotatable bonds is 7. The van der Waals surface area contributed by atoms with E-state index in [0.29, 0.717) is 39.0 Å². The van der Waals surface area contributed by atoms with E-state index in [9.17, 15) is 13.2 Å². The first-order valence-electron chi connectivity index (χ1n) is 10.7. The predicted octanol–water partition coefficient (Wildman–Crippen LogP) is 4.02.